The maximum Gasteiger partial charge on any atom is 0.317 e. The van der Waals surface area contributed by atoms with E-state index in [4.69, 9.17) is 0 Å². The average Bonchev–Trinajstić information content (AvgIpc) is 2.78. The lowest BCUT2D eigenvalue weighted by molar-refractivity contribution is -0.118. The summed E-state index contributed by atoms with van der Waals surface area (Å²) in [5.41, 5.74) is 1.31. The molecular formula is C17H26N4O2. The number of nitrogens with one attached hydrogen (secondary N) is 2. The van der Waals surface area contributed by atoms with Crippen LogP contribution in [0.3, 0.4) is 0 Å². The van der Waals surface area contributed by atoms with Gasteiger partial charge in [-0.1, -0.05) is 30.3 Å². The molecule has 2 rings (SSSR count). The quantitative estimate of drug-likeness (QED) is 0.797. The van der Waals surface area contributed by atoms with E-state index in [2.05, 4.69) is 39.8 Å². The molecule has 1 aliphatic heterocycles. The van der Waals surface area contributed by atoms with Crippen LogP contribution in [0.4, 0.5) is 4.79 Å². The fourth-order valence-electron chi connectivity index (χ4n) is 2.69. The molecule has 1 aromatic carbocycles. The normalized spacial score (nSPS) is 15.8. The van der Waals surface area contributed by atoms with Crippen LogP contribution >= 0.6 is 0 Å². The number of carbonyl (C=O) groups excluding carboxylic acids is 2. The minimum absolute atomic E-state index is 0.0445. The molecule has 1 saturated heterocycles. The molecule has 0 aromatic heterocycles. The summed E-state index contributed by atoms with van der Waals surface area (Å²) in [5.74, 6) is -0.0782. The number of nitrogens with zero attached hydrogens (tertiary/aromatic N) is 2. The second-order valence-corrected chi connectivity index (χ2v) is 5.82. The molecule has 1 heterocycles. The molecule has 0 atom stereocenters. The number of carbonyl (C=O) groups is 2. The maximum absolute atomic E-state index is 12.1. The standard InChI is InChI=1S/C17H26N4O2/c1-15(22)18-8-9-19-17(23)21-11-5-10-20(12-13-21)14-16-6-3-2-4-7-16/h2-4,6-7H,5,8-14H2,1H3,(H,18,22)(H,19,23). The minimum Gasteiger partial charge on any atom is -0.355 e. The molecule has 0 radical (unpaired) electrons. The highest BCUT2D eigenvalue weighted by molar-refractivity contribution is 5.74. The number of amides is 3. The fraction of sp³-hybridized carbons (Fsp3) is 0.529. The number of rotatable bonds is 5. The summed E-state index contributed by atoms with van der Waals surface area (Å²) in [4.78, 5) is 27.2. The van der Waals surface area contributed by atoms with Crippen LogP contribution < -0.4 is 10.6 Å². The zero-order valence-corrected chi connectivity index (χ0v) is 13.8. The van der Waals surface area contributed by atoms with E-state index in [-0.39, 0.29) is 11.9 Å². The molecule has 3 amide bonds. The summed E-state index contributed by atoms with van der Waals surface area (Å²) in [6.45, 7) is 6.73. The van der Waals surface area contributed by atoms with Gasteiger partial charge in [0.2, 0.25) is 5.91 Å². The highest BCUT2D eigenvalue weighted by atomic mass is 16.2. The molecule has 6 heteroatoms. The van der Waals surface area contributed by atoms with Crippen molar-refractivity contribution in [3.8, 4) is 0 Å². The first-order chi connectivity index (χ1) is 11.1. The summed E-state index contributed by atoms with van der Waals surface area (Å²) in [7, 11) is 0. The van der Waals surface area contributed by atoms with Gasteiger partial charge in [0.05, 0.1) is 0 Å². The van der Waals surface area contributed by atoms with E-state index in [9.17, 15) is 9.59 Å². The van der Waals surface area contributed by atoms with Crippen LogP contribution in [0, 0.1) is 0 Å². The molecule has 126 valence electrons. The summed E-state index contributed by atoms with van der Waals surface area (Å²) in [6, 6.07) is 10.4. The molecule has 1 aliphatic rings. The predicted molar refractivity (Wildman–Crippen MR) is 90.0 cm³/mol. The van der Waals surface area contributed by atoms with E-state index in [1.165, 1.54) is 12.5 Å². The Morgan fingerprint density at radius 1 is 1.00 bits per heavy atom. The first-order valence-corrected chi connectivity index (χ1v) is 8.18. The summed E-state index contributed by atoms with van der Waals surface area (Å²) >= 11 is 0. The molecule has 0 unspecified atom stereocenters. The van der Waals surface area contributed by atoms with Crippen molar-refractivity contribution in [2.45, 2.75) is 19.9 Å². The Kier molecular flexibility index (Phi) is 6.87. The first-order valence-electron chi connectivity index (χ1n) is 8.18. The van der Waals surface area contributed by atoms with Crippen LogP contribution in [-0.4, -0.2) is 61.0 Å². The molecule has 1 fully saturated rings. The van der Waals surface area contributed by atoms with Gasteiger partial charge in [-0.15, -0.1) is 0 Å². The Morgan fingerprint density at radius 3 is 2.48 bits per heavy atom. The lowest BCUT2D eigenvalue weighted by Gasteiger charge is -2.22. The fourth-order valence-corrected chi connectivity index (χ4v) is 2.69. The van der Waals surface area contributed by atoms with Crippen molar-refractivity contribution >= 4 is 11.9 Å². The third kappa shape index (κ3) is 6.28. The zero-order valence-electron chi connectivity index (χ0n) is 13.8. The second-order valence-electron chi connectivity index (χ2n) is 5.82. The van der Waals surface area contributed by atoms with Crippen molar-refractivity contribution in [3.05, 3.63) is 35.9 Å². The van der Waals surface area contributed by atoms with E-state index < -0.39 is 0 Å². The molecule has 0 spiro atoms. The van der Waals surface area contributed by atoms with Gasteiger partial charge >= 0.3 is 6.03 Å². The monoisotopic (exact) mass is 318 g/mol. The number of benzene rings is 1. The lowest BCUT2D eigenvalue weighted by Crippen LogP contribution is -2.44. The number of hydrogen-bond acceptors (Lipinski definition) is 3. The van der Waals surface area contributed by atoms with Crippen molar-refractivity contribution in [2.75, 3.05) is 39.3 Å². The molecule has 0 aliphatic carbocycles. The Bertz CT molecular complexity index is 507. The van der Waals surface area contributed by atoms with Crippen molar-refractivity contribution < 1.29 is 9.59 Å². The summed E-state index contributed by atoms with van der Waals surface area (Å²) in [5, 5.41) is 5.52. The maximum atomic E-state index is 12.1. The van der Waals surface area contributed by atoms with Crippen LogP contribution in [0.1, 0.15) is 18.9 Å². The van der Waals surface area contributed by atoms with Gasteiger partial charge in [0.1, 0.15) is 0 Å². The predicted octanol–water partition coefficient (Wildman–Crippen LogP) is 1.04. The van der Waals surface area contributed by atoms with Crippen LogP contribution in [0.2, 0.25) is 0 Å². The largest absolute Gasteiger partial charge is 0.355 e. The Labute approximate surface area is 137 Å². The van der Waals surface area contributed by atoms with Gasteiger partial charge in [0, 0.05) is 52.7 Å². The molecule has 1 aromatic rings. The van der Waals surface area contributed by atoms with Crippen molar-refractivity contribution in [1.29, 1.82) is 0 Å². The van der Waals surface area contributed by atoms with Crippen LogP contribution in [0.5, 0.6) is 0 Å². The SMILES string of the molecule is CC(=O)NCCNC(=O)N1CCCN(Cc2ccccc2)CC1. The van der Waals surface area contributed by atoms with Gasteiger partial charge in [-0.25, -0.2) is 4.79 Å². The van der Waals surface area contributed by atoms with E-state index in [1.807, 2.05) is 11.0 Å². The van der Waals surface area contributed by atoms with Gasteiger partial charge in [-0.3, -0.25) is 9.69 Å². The van der Waals surface area contributed by atoms with Crippen molar-refractivity contribution in [1.82, 2.24) is 20.4 Å². The van der Waals surface area contributed by atoms with E-state index >= 15 is 0 Å². The minimum atomic E-state index is -0.0782. The third-order valence-electron chi connectivity index (χ3n) is 3.90. The van der Waals surface area contributed by atoms with Crippen LogP contribution in [-0.2, 0) is 11.3 Å². The van der Waals surface area contributed by atoms with Crippen molar-refractivity contribution in [2.24, 2.45) is 0 Å². The second kappa shape index (κ2) is 9.15. The molecular weight excluding hydrogens is 292 g/mol. The molecule has 2 N–H and O–H groups in total. The molecule has 0 saturated carbocycles. The number of urea groups is 1. The highest BCUT2D eigenvalue weighted by Gasteiger charge is 2.18. The molecule has 6 nitrogen and oxygen atoms in total. The van der Waals surface area contributed by atoms with Crippen LogP contribution in [0.15, 0.2) is 30.3 Å². The summed E-state index contributed by atoms with van der Waals surface area (Å²) in [6.07, 6.45) is 0.978. The van der Waals surface area contributed by atoms with Crippen molar-refractivity contribution in [3.63, 3.8) is 0 Å². The van der Waals surface area contributed by atoms with Gasteiger partial charge < -0.3 is 15.5 Å². The lowest BCUT2D eigenvalue weighted by atomic mass is 10.2. The highest BCUT2D eigenvalue weighted by Crippen LogP contribution is 2.09. The Morgan fingerprint density at radius 2 is 1.74 bits per heavy atom. The van der Waals surface area contributed by atoms with E-state index in [0.717, 1.165) is 39.1 Å². The van der Waals surface area contributed by atoms with Gasteiger partial charge in [-0.2, -0.15) is 0 Å². The van der Waals surface area contributed by atoms with Gasteiger partial charge in [0.25, 0.3) is 0 Å². The molecule has 0 bridgehead atoms. The van der Waals surface area contributed by atoms with E-state index in [1.54, 1.807) is 0 Å². The first kappa shape index (κ1) is 17.3. The molecule has 23 heavy (non-hydrogen) atoms. The summed E-state index contributed by atoms with van der Waals surface area (Å²) < 4.78 is 0. The average molecular weight is 318 g/mol. The Hall–Kier alpha value is -2.08. The Balaban J connectivity index is 1.72. The van der Waals surface area contributed by atoms with Crippen LogP contribution in [0.25, 0.3) is 0 Å². The third-order valence-corrected chi connectivity index (χ3v) is 3.90. The zero-order chi connectivity index (χ0) is 16.5. The number of hydrogen-bond donors (Lipinski definition) is 2. The topological polar surface area (TPSA) is 64.7 Å². The van der Waals surface area contributed by atoms with E-state index in [0.29, 0.717) is 13.1 Å². The smallest absolute Gasteiger partial charge is 0.317 e. The van der Waals surface area contributed by atoms with Gasteiger partial charge in [-0.05, 0) is 12.0 Å². The van der Waals surface area contributed by atoms with Gasteiger partial charge in [0.15, 0.2) is 0 Å².